The smallest absolute Gasteiger partial charge is 0.124 e. The number of hydrogen-bond donors (Lipinski definition) is 1. The maximum Gasteiger partial charge on any atom is 0.124 e. The van der Waals surface area contributed by atoms with Crippen LogP contribution in [-0.2, 0) is 5.60 Å². The van der Waals surface area contributed by atoms with Crippen LogP contribution in [0.3, 0.4) is 0 Å². The van der Waals surface area contributed by atoms with Gasteiger partial charge in [-0.05, 0) is 26.0 Å². The van der Waals surface area contributed by atoms with E-state index in [9.17, 15) is 9.50 Å². The first-order chi connectivity index (χ1) is 5.41. The average Bonchev–Trinajstić information content (AvgIpc) is 1.83. The van der Waals surface area contributed by atoms with Gasteiger partial charge in [-0.15, -0.1) is 0 Å². The van der Waals surface area contributed by atoms with E-state index in [2.05, 4.69) is 0 Å². The number of aliphatic hydroxyl groups is 1. The molecule has 3 heteroatoms. The minimum atomic E-state index is -1.02. The van der Waals surface area contributed by atoms with E-state index in [1.165, 1.54) is 18.2 Å². The largest absolute Gasteiger partial charge is 0.386 e. The van der Waals surface area contributed by atoms with Gasteiger partial charge in [0, 0.05) is 10.6 Å². The normalized spacial score (nSPS) is 11.8. The first kappa shape index (κ1) is 9.49. The van der Waals surface area contributed by atoms with Gasteiger partial charge in [0.05, 0.1) is 5.60 Å². The molecule has 1 aromatic rings. The van der Waals surface area contributed by atoms with Crippen LogP contribution in [0, 0.1) is 5.82 Å². The maximum atomic E-state index is 12.6. The van der Waals surface area contributed by atoms with E-state index in [0.717, 1.165) is 0 Å². The van der Waals surface area contributed by atoms with Crippen LogP contribution >= 0.6 is 11.6 Å². The molecule has 0 saturated heterocycles. The molecule has 0 aliphatic heterocycles. The molecule has 1 aromatic carbocycles. The number of rotatable bonds is 1. The van der Waals surface area contributed by atoms with Crippen molar-refractivity contribution in [1.29, 1.82) is 0 Å². The molecule has 0 amide bonds. The fraction of sp³-hybridized carbons (Fsp3) is 0.333. The van der Waals surface area contributed by atoms with E-state index >= 15 is 0 Å². The molecular formula is C9H10ClFO. The van der Waals surface area contributed by atoms with E-state index in [1.807, 2.05) is 0 Å². The van der Waals surface area contributed by atoms with Gasteiger partial charge in [0.25, 0.3) is 0 Å². The minimum Gasteiger partial charge on any atom is -0.386 e. The Kier molecular flexibility index (Phi) is 2.40. The van der Waals surface area contributed by atoms with Crippen LogP contribution in [0.25, 0.3) is 0 Å². The molecule has 0 saturated carbocycles. The molecule has 0 fully saturated rings. The fourth-order valence-electron chi connectivity index (χ4n) is 0.986. The lowest BCUT2D eigenvalue weighted by molar-refractivity contribution is 0.0786. The third kappa shape index (κ3) is 1.96. The number of halogens is 2. The van der Waals surface area contributed by atoms with Gasteiger partial charge in [-0.3, -0.25) is 0 Å². The van der Waals surface area contributed by atoms with E-state index < -0.39 is 11.4 Å². The Hall–Kier alpha value is -0.600. The van der Waals surface area contributed by atoms with E-state index in [-0.39, 0.29) is 5.02 Å². The van der Waals surface area contributed by atoms with Crippen molar-refractivity contribution in [3.8, 4) is 0 Å². The van der Waals surface area contributed by atoms with Gasteiger partial charge in [-0.2, -0.15) is 0 Å². The van der Waals surface area contributed by atoms with Crippen molar-refractivity contribution in [1.82, 2.24) is 0 Å². The molecule has 0 unspecified atom stereocenters. The fourth-order valence-corrected chi connectivity index (χ4v) is 1.38. The molecule has 0 heterocycles. The Morgan fingerprint density at radius 1 is 1.42 bits per heavy atom. The van der Waals surface area contributed by atoms with E-state index in [0.29, 0.717) is 5.56 Å². The summed E-state index contributed by atoms with van der Waals surface area (Å²) in [6, 6.07) is 3.95. The van der Waals surface area contributed by atoms with Gasteiger partial charge in [0.1, 0.15) is 5.82 Å². The molecule has 0 bridgehead atoms. The zero-order chi connectivity index (χ0) is 9.35. The summed E-state index contributed by atoms with van der Waals surface area (Å²) in [6.45, 7) is 3.21. The third-order valence-corrected chi connectivity index (χ3v) is 1.90. The van der Waals surface area contributed by atoms with E-state index in [4.69, 9.17) is 11.6 Å². The van der Waals surface area contributed by atoms with Gasteiger partial charge in [-0.25, -0.2) is 4.39 Å². The van der Waals surface area contributed by atoms with Gasteiger partial charge in [0.15, 0.2) is 0 Å². The number of benzene rings is 1. The summed E-state index contributed by atoms with van der Waals surface area (Å²) in [7, 11) is 0. The number of hydrogen-bond acceptors (Lipinski definition) is 1. The van der Waals surface area contributed by atoms with Crippen LogP contribution in [-0.4, -0.2) is 5.11 Å². The highest BCUT2D eigenvalue weighted by atomic mass is 35.5. The Labute approximate surface area is 75.8 Å². The van der Waals surface area contributed by atoms with Gasteiger partial charge in [-0.1, -0.05) is 17.7 Å². The molecule has 0 radical (unpaired) electrons. The van der Waals surface area contributed by atoms with Gasteiger partial charge >= 0.3 is 0 Å². The Balaban J connectivity index is 3.19. The second-order valence-corrected chi connectivity index (χ2v) is 3.59. The zero-order valence-electron chi connectivity index (χ0n) is 6.94. The van der Waals surface area contributed by atoms with Crippen LogP contribution in [0.5, 0.6) is 0 Å². The molecule has 0 spiro atoms. The molecule has 1 rings (SSSR count). The summed E-state index contributed by atoms with van der Waals surface area (Å²) < 4.78 is 12.6. The van der Waals surface area contributed by atoms with Crippen LogP contribution in [0.4, 0.5) is 4.39 Å². The molecule has 0 aliphatic carbocycles. The third-order valence-electron chi connectivity index (χ3n) is 1.59. The minimum absolute atomic E-state index is 0.252. The van der Waals surface area contributed by atoms with Gasteiger partial charge in [0.2, 0.25) is 0 Å². The van der Waals surface area contributed by atoms with E-state index in [1.54, 1.807) is 13.8 Å². The van der Waals surface area contributed by atoms with Crippen LogP contribution in [0.2, 0.25) is 5.02 Å². The summed E-state index contributed by atoms with van der Waals surface area (Å²) in [5, 5.41) is 9.81. The second-order valence-electron chi connectivity index (χ2n) is 3.18. The molecule has 12 heavy (non-hydrogen) atoms. The standard InChI is InChI=1S/C9H10ClFO/c1-9(2,12)7-4-3-6(11)5-8(7)10/h3-5,12H,1-2H3. The lowest BCUT2D eigenvalue weighted by atomic mass is 9.98. The van der Waals surface area contributed by atoms with Crippen LogP contribution in [0.15, 0.2) is 18.2 Å². The quantitative estimate of drug-likeness (QED) is 0.719. The topological polar surface area (TPSA) is 20.2 Å². The summed E-state index contributed by atoms with van der Waals surface area (Å²) in [5.41, 5.74) is -0.490. The average molecular weight is 189 g/mol. The monoisotopic (exact) mass is 188 g/mol. The maximum absolute atomic E-state index is 12.6. The summed E-state index contributed by atoms with van der Waals surface area (Å²) in [5.74, 6) is -0.395. The lowest BCUT2D eigenvalue weighted by Crippen LogP contribution is -2.15. The van der Waals surface area contributed by atoms with Gasteiger partial charge < -0.3 is 5.11 Å². The van der Waals surface area contributed by atoms with Crippen molar-refractivity contribution < 1.29 is 9.50 Å². The summed E-state index contributed by atoms with van der Waals surface area (Å²) in [6.07, 6.45) is 0. The zero-order valence-corrected chi connectivity index (χ0v) is 7.69. The highest BCUT2D eigenvalue weighted by molar-refractivity contribution is 6.31. The Bertz CT molecular complexity index is 291. The SMILES string of the molecule is CC(C)(O)c1ccc(F)cc1Cl. The molecular weight excluding hydrogens is 179 g/mol. The molecule has 0 atom stereocenters. The van der Waals surface area contributed by atoms with Crippen molar-refractivity contribution >= 4 is 11.6 Å². The summed E-state index contributed by atoms with van der Waals surface area (Å²) >= 11 is 5.71. The predicted octanol–water partition coefficient (Wildman–Crippen LogP) is 2.71. The summed E-state index contributed by atoms with van der Waals surface area (Å²) in [4.78, 5) is 0. The van der Waals surface area contributed by atoms with Crippen LogP contribution in [0.1, 0.15) is 19.4 Å². The Morgan fingerprint density at radius 3 is 2.42 bits per heavy atom. The predicted molar refractivity (Wildman–Crippen MR) is 46.7 cm³/mol. The lowest BCUT2D eigenvalue weighted by Gasteiger charge is -2.18. The molecule has 1 nitrogen and oxygen atoms in total. The first-order valence-corrected chi connectivity index (χ1v) is 3.97. The highest BCUT2D eigenvalue weighted by Gasteiger charge is 2.19. The molecule has 1 N–H and O–H groups in total. The van der Waals surface area contributed by atoms with Crippen LogP contribution < -0.4 is 0 Å². The second kappa shape index (κ2) is 3.04. The van der Waals surface area contributed by atoms with Crippen molar-refractivity contribution in [2.45, 2.75) is 19.4 Å². The molecule has 0 aromatic heterocycles. The molecule has 66 valence electrons. The molecule has 0 aliphatic rings. The van der Waals surface area contributed by atoms with Crippen molar-refractivity contribution in [3.05, 3.63) is 34.6 Å². The van der Waals surface area contributed by atoms with Crippen molar-refractivity contribution in [2.75, 3.05) is 0 Å². The highest BCUT2D eigenvalue weighted by Crippen LogP contribution is 2.27. The van der Waals surface area contributed by atoms with Crippen molar-refractivity contribution in [2.24, 2.45) is 0 Å². The Morgan fingerprint density at radius 2 is 2.00 bits per heavy atom. The first-order valence-electron chi connectivity index (χ1n) is 3.59. The van der Waals surface area contributed by atoms with Crippen molar-refractivity contribution in [3.63, 3.8) is 0 Å².